The number of aliphatic carboxylic acids is 1. The fraction of sp³-hybridized carbons (Fsp3) is 0.320. The van der Waals surface area contributed by atoms with E-state index in [1.165, 1.54) is 12.1 Å². The predicted molar refractivity (Wildman–Crippen MR) is 124 cm³/mol. The highest BCUT2D eigenvalue weighted by molar-refractivity contribution is 8.03. The largest absolute Gasteiger partial charge is 0.496 e. The molecule has 0 atom stereocenters. The number of carboxylic acid groups (broad SMARTS) is 1. The van der Waals surface area contributed by atoms with Gasteiger partial charge in [-0.2, -0.15) is 0 Å². The first kappa shape index (κ1) is 22.9. The maximum atomic E-state index is 13.0. The van der Waals surface area contributed by atoms with Gasteiger partial charge in [0.1, 0.15) is 11.6 Å². The average molecular weight is 442 g/mol. The van der Waals surface area contributed by atoms with Crippen LogP contribution in [0.3, 0.4) is 0 Å². The molecule has 0 spiro atoms. The molecule has 0 bridgehead atoms. The number of nitrogens with zero attached hydrogens (tertiary/aromatic N) is 1. The lowest BCUT2D eigenvalue weighted by atomic mass is 10.1. The number of halogens is 1. The van der Waals surface area contributed by atoms with E-state index in [9.17, 15) is 14.3 Å². The Morgan fingerprint density at radius 3 is 2.65 bits per heavy atom. The third kappa shape index (κ3) is 6.62. The Morgan fingerprint density at radius 1 is 1.13 bits per heavy atom. The molecule has 0 saturated carbocycles. The van der Waals surface area contributed by atoms with Crippen molar-refractivity contribution >= 4 is 17.7 Å². The van der Waals surface area contributed by atoms with E-state index in [1.54, 1.807) is 37.1 Å². The molecule has 4 nitrogen and oxygen atoms in total. The number of ether oxygens (including phenoxy) is 1. The van der Waals surface area contributed by atoms with E-state index in [0.717, 1.165) is 59.9 Å². The highest BCUT2D eigenvalue weighted by Crippen LogP contribution is 2.30. The van der Waals surface area contributed by atoms with Crippen LogP contribution < -0.4 is 4.74 Å². The van der Waals surface area contributed by atoms with Crippen LogP contribution in [0.25, 0.3) is 0 Å². The van der Waals surface area contributed by atoms with E-state index in [-0.39, 0.29) is 5.82 Å². The van der Waals surface area contributed by atoms with Crippen LogP contribution in [0.15, 0.2) is 71.3 Å². The summed E-state index contributed by atoms with van der Waals surface area (Å²) in [4.78, 5) is 13.9. The van der Waals surface area contributed by atoms with Crippen molar-refractivity contribution in [1.29, 1.82) is 0 Å². The number of aryl methyl sites for hydroxylation is 2. The molecule has 0 radical (unpaired) electrons. The van der Waals surface area contributed by atoms with Gasteiger partial charge in [0.15, 0.2) is 0 Å². The second kappa shape index (κ2) is 11.6. The van der Waals surface area contributed by atoms with Gasteiger partial charge in [-0.05, 0) is 66.8 Å². The maximum absolute atomic E-state index is 13.0. The van der Waals surface area contributed by atoms with Gasteiger partial charge in [0.05, 0.1) is 17.7 Å². The topological polar surface area (TPSA) is 49.8 Å². The van der Waals surface area contributed by atoms with E-state index in [2.05, 4.69) is 11.0 Å². The lowest BCUT2D eigenvalue weighted by Crippen LogP contribution is -2.28. The van der Waals surface area contributed by atoms with Crippen LogP contribution in [0.2, 0.25) is 0 Å². The van der Waals surface area contributed by atoms with Crippen molar-refractivity contribution in [2.45, 2.75) is 25.7 Å². The molecule has 3 rings (SSSR count). The Balaban J connectivity index is 1.57. The molecule has 2 aromatic carbocycles. The van der Waals surface area contributed by atoms with Crippen molar-refractivity contribution in [2.75, 3.05) is 26.0 Å². The van der Waals surface area contributed by atoms with Crippen LogP contribution in [0, 0.1) is 5.82 Å². The van der Waals surface area contributed by atoms with Gasteiger partial charge >= 0.3 is 5.97 Å². The second-order valence-electron chi connectivity index (χ2n) is 7.37. The first-order chi connectivity index (χ1) is 15.1. The summed E-state index contributed by atoms with van der Waals surface area (Å²) in [6.45, 7) is 1.49. The van der Waals surface area contributed by atoms with E-state index in [4.69, 9.17) is 4.74 Å². The summed E-state index contributed by atoms with van der Waals surface area (Å²) in [5.74, 6) is 0.567. The SMILES string of the molecule is COc1ccccc1CCCN1CC=CC(C(=O)O)=C1SCCCc1ccc(F)cc1. The first-order valence-electron chi connectivity index (χ1n) is 10.5. The van der Waals surface area contributed by atoms with Crippen LogP contribution in [0.1, 0.15) is 24.0 Å². The summed E-state index contributed by atoms with van der Waals surface area (Å²) in [6.07, 6.45) is 7.13. The van der Waals surface area contributed by atoms with Crippen LogP contribution >= 0.6 is 11.8 Å². The van der Waals surface area contributed by atoms with Crippen molar-refractivity contribution in [3.63, 3.8) is 0 Å². The molecule has 0 unspecified atom stereocenters. The first-order valence-corrected chi connectivity index (χ1v) is 11.4. The molecular formula is C25H28FNO3S. The molecule has 1 aliphatic rings. The minimum absolute atomic E-state index is 0.230. The van der Waals surface area contributed by atoms with Gasteiger partial charge in [-0.15, -0.1) is 11.8 Å². The molecule has 0 saturated heterocycles. The number of para-hydroxylation sites is 1. The summed E-state index contributed by atoms with van der Waals surface area (Å²) < 4.78 is 18.5. The highest BCUT2D eigenvalue weighted by Gasteiger charge is 2.21. The molecule has 0 fully saturated rings. The zero-order chi connectivity index (χ0) is 22.1. The molecule has 1 aliphatic heterocycles. The highest BCUT2D eigenvalue weighted by atomic mass is 32.2. The number of methoxy groups -OCH3 is 1. The molecule has 1 heterocycles. The van der Waals surface area contributed by atoms with Crippen molar-refractivity contribution in [1.82, 2.24) is 4.90 Å². The van der Waals surface area contributed by atoms with Gasteiger partial charge in [-0.25, -0.2) is 9.18 Å². The van der Waals surface area contributed by atoms with Gasteiger partial charge in [-0.1, -0.05) is 36.4 Å². The lowest BCUT2D eigenvalue weighted by Gasteiger charge is -2.29. The molecule has 0 aliphatic carbocycles. The molecule has 2 aromatic rings. The van der Waals surface area contributed by atoms with Gasteiger partial charge in [0, 0.05) is 13.1 Å². The van der Waals surface area contributed by atoms with Crippen LogP contribution in [-0.4, -0.2) is 41.9 Å². The average Bonchev–Trinajstić information content (AvgIpc) is 2.78. The van der Waals surface area contributed by atoms with Crippen LogP contribution in [0.4, 0.5) is 4.39 Å². The molecule has 1 N–H and O–H groups in total. The Labute approximate surface area is 187 Å². The third-order valence-electron chi connectivity index (χ3n) is 5.19. The maximum Gasteiger partial charge on any atom is 0.338 e. The van der Waals surface area contributed by atoms with E-state index in [0.29, 0.717) is 12.1 Å². The van der Waals surface area contributed by atoms with Crippen molar-refractivity contribution in [3.8, 4) is 5.75 Å². The van der Waals surface area contributed by atoms with E-state index >= 15 is 0 Å². The van der Waals surface area contributed by atoms with Gasteiger partial charge in [0.2, 0.25) is 0 Å². The zero-order valence-corrected chi connectivity index (χ0v) is 18.5. The van der Waals surface area contributed by atoms with E-state index in [1.807, 2.05) is 24.3 Å². The molecule has 6 heteroatoms. The summed E-state index contributed by atoms with van der Waals surface area (Å²) in [7, 11) is 1.68. The Hall–Kier alpha value is -2.73. The third-order valence-corrected chi connectivity index (χ3v) is 6.43. The van der Waals surface area contributed by atoms with Crippen molar-refractivity contribution in [2.24, 2.45) is 0 Å². The number of benzene rings is 2. The summed E-state index contributed by atoms with van der Waals surface area (Å²) in [6, 6.07) is 14.5. The second-order valence-corrected chi connectivity index (χ2v) is 8.45. The summed E-state index contributed by atoms with van der Waals surface area (Å²) in [5, 5.41) is 10.5. The van der Waals surface area contributed by atoms with Crippen LogP contribution in [0.5, 0.6) is 5.75 Å². The number of rotatable bonds is 11. The Morgan fingerprint density at radius 2 is 1.90 bits per heavy atom. The van der Waals surface area contributed by atoms with Crippen molar-refractivity contribution < 1.29 is 19.0 Å². The smallest absolute Gasteiger partial charge is 0.338 e. The number of carboxylic acids is 1. The van der Waals surface area contributed by atoms with Gasteiger partial charge < -0.3 is 14.7 Å². The quantitative estimate of drug-likeness (QED) is 0.480. The molecule has 164 valence electrons. The van der Waals surface area contributed by atoms with Crippen molar-refractivity contribution in [3.05, 3.63) is 88.2 Å². The van der Waals surface area contributed by atoms with E-state index < -0.39 is 5.97 Å². The summed E-state index contributed by atoms with van der Waals surface area (Å²) in [5.41, 5.74) is 2.61. The Bertz CT molecular complexity index is 940. The normalized spacial score (nSPS) is 13.5. The number of carbonyl (C=O) groups is 1. The predicted octanol–water partition coefficient (Wildman–Crippen LogP) is 5.30. The fourth-order valence-corrected chi connectivity index (χ4v) is 4.75. The number of hydrogen-bond acceptors (Lipinski definition) is 4. The standard InChI is InChI=1S/C25H28FNO3S/c1-30-23-11-3-2-8-20(23)9-4-16-27-17-5-10-22(25(28)29)24(27)31-18-6-7-19-12-14-21(26)15-13-19/h2-3,5,8,10-15H,4,6-7,9,16-18H2,1H3,(H,28,29). The minimum atomic E-state index is -0.897. The minimum Gasteiger partial charge on any atom is -0.496 e. The van der Waals surface area contributed by atoms with Gasteiger partial charge in [0.25, 0.3) is 0 Å². The van der Waals surface area contributed by atoms with Crippen LogP contribution in [-0.2, 0) is 17.6 Å². The fourth-order valence-electron chi connectivity index (χ4n) is 3.61. The molecule has 31 heavy (non-hydrogen) atoms. The monoisotopic (exact) mass is 441 g/mol. The van der Waals surface area contributed by atoms with Gasteiger partial charge in [-0.3, -0.25) is 0 Å². The Kier molecular flexibility index (Phi) is 8.59. The number of thioether (sulfide) groups is 1. The zero-order valence-electron chi connectivity index (χ0n) is 17.7. The summed E-state index contributed by atoms with van der Waals surface area (Å²) >= 11 is 1.59. The molecular weight excluding hydrogens is 413 g/mol. The molecule has 0 aromatic heterocycles. The number of hydrogen-bond donors (Lipinski definition) is 1. The molecule has 0 amide bonds. The lowest BCUT2D eigenvalue weighted by molar-refractivity contribution is -0.132.